The lowest BCUT2D eigenvalue weighted by Crippen LogP contribution is -2.17. The summed E-state index contributed by atoms with van der Waals surface area (Å²) in [6.45, 7) is 0.537. The molecule has 104 valence electrons. The van der Waals surface area contributed by atoms with Gasteiger partial charge in [0.05, 0.1) is 0 Å². The highest BCUT2D eigenvalue weighted by atomic mass is 79.9. The van der Waals surface area contributed by atoms with E-state index in [0.717, 1.165) is 6.42 Å². The summed E-state index contributed by atoms with van der Waals surface area (Å²) in [5.74, 6) is -1.14. The van der Waals surface area contributed by atoms with Crippen LogP contribution in [0.2, 0.25) is 0 Å². The van der Waals surface area contributed by atoms with E-state index in [2.05, 4.69) is 33.4 Å². The Bertz CT molecular complexity index is 600. The maximum Gasteiger partial charge on any atom is 0.150 e. The largest absolute Gasteiger partial charge is 0.379 e. The van der Waals surface area contributed by atoms with E-state index in [4.69, 9.17) is 0 Å². The smallest absolute Gasteiger partial charge is 0.150 e. The average Bonchev–Trinajstić information content (AvgIpc) is 2.80. The van der Waals surface area contributed by atoms with Gasteiger partial charge >= 0.3 is 0 Å². The van der Waals surface area contributed by atoms with E-state index in [1.807, 2.05) is 12.1 Å². The number of thioether (sulfide) groups is 1. The summed E-state index contributed by atoms with van der Waals surface area (Å²) < 4.78 is 27.8. The fraction of sp³-hybridized carbons (Fsp3) is 0.200. The molecule has 20 heavy (non-hydrogen) atoms. The van der Waals surface area contributed by atoms with Gasteiger partial charge in [0.25, 0.3) is 0 Å². The molecule has 1 atom stereocenters. The second-order valence-electron chi connectivity index (χ2n) is 4.68. The Labute approximate surface area is 128 Å². The van der Waals surface area contributed by atoms with Gasteiger partial charge in [-0.1, -0.05) is 34.1 Å². The summed E-state index contributed by atoms with van der Waals surface area (Å²) in [6, 6.07) is 10.7. The van der Waals surface area contributed by atoms with Crippen LogP contribution in [0.5, 0.6) is 0 Å². The van der Waals surface area contributed by atoms with E-state index in [-0.39, 0.29) is 5.69 Å². The van der Waals surface area contributed by atoms with E-state index < -0.39 is 11.6 Å². The first kappa shape index (κ1) is 13.9. The van der Waals surface area contributed by atoms with Crippen LogP contribution in [0.25, 0.3) is 0 Å². The number of nitrogens with one attached hydrogen (secondary N) is 1. The van der Waals surface area contributed by atoms with Gasteiger partial charge in [0.15, 0.2) is 0 Å². The zero-order valence-electron chi connectivity index (χ0n) is 10.5. The summed E-state index contributed by atoms with van der Waals surface area (Å²) >= 11 is 4.83. The number of hydrogen-bond donors (Lipinski definition) is 1. The Morgan fingerprint density at radius 3 is 2.60 bits per heavy atom. The van der Waals surface area contributed by atoms with Crippen molar-refractivity contribution in [3.8, 4) is 0 Å². The number of halogens is 3. The van der Waals surface area contributed by atoms with Crippen molar-refractivity contribution in [2.24, 2.45) is 0 Å². The summed E-state index contributed by atoms with van der Waals surface area (Å²) in [5, 5.41) is 3.19. The third-order valence-electron chi connectivity index (χ3n) is 3.23. The van der Waals surface area contributed by atoms with Gasteiger partial charge in [-0.3, -0.25) is 0 Å². The van der Waals surface area contributed by atoms with E-state index in [1.54, 1.807) is 11.8 Å². The number of hydrogen-bond acceptors (Lipinski definition) is 2. The molecule has 1 unspecified atom stereocenters. The van der Waals surface area contributed by atoms with Gasteiger partial charge < -0.3 is 5.32 Å². The Morgan fingerprint density at radius 2 is 1.90 bits per heavy atom. The van der Waals surface area contributed by atoms with Crippen molar-refractivity contribution in [3.05, 3.63) is 58.1 Å². The Kier molecular flexibility index (Phi) is 3.98. The fourth-order valence-electron chi connectivity index (χ4n) is 2.29. The second-order valence-corrected chi connectivity index (χ2v) is 6.93. The topological polar surface area (TPSA) is 12.0 Å². The van der Waals surface area contributed by atoms with Crippen LogP contribution in [0, 0.1) is 11.6 Å². The SMILES string of the molecule is Fc1cc(Br)cc(F)c1NCC1Cc2ccccc2S1. The Balaban J connectivity index is 1.67. The summed E-state index contributed by atoms with van der Waals surface area (Å²) in [7, 11) is 0. The lowest BCUT2D eigenvalue weighted by molar-refractivity contribution is 0.586. The van der Waals surface area contributed by atoms with Crippen LogP contribution >= 0.6 is 27.7 Å². The van der Waals surface area contributed by atoms with Gasteiger partial charge in [-0.05, 0) is 30.2 Å². The summed E-state index contributed by atoms with van der Waals surface area (Å²) in [5.41, 5.74) is 1.26. The molecule has 0 spiro atoms. The molecule has 2 aromatic carbocycles. The van der Waals surface area contributed by atoms with Crippen molar-refractivity contribution in [1.29, 1.82) is 0 Å². The van der Waals surface area contributed by atoms with Crippen LogP contribution in [0.1, 0.15) is 5.56 Å². The Morgan fingerprint density at radius 1 is 1.20 bits per heavy atom. The molecule has 1 nitrogen and oxygen atoms in total. The molecule has 0 saturated carbocycles. The van der Waals surface area contributed by atoms with E-state index in [0.29, 0.717) is 16.3 Å². The van der Waals surface area contributed by atoms with Crippen molar-refractivity contribution in [1.82, 2.24) is 0 Å². The van der Waals surface area contributed by atoms with Crippen molar-refractivity contribution in [2.45, 2.75) is 16.6 Å². The molecule has 5 heteroatoms. The quantitative estimate of drug-likeness (QED) is 0.843. The molecule has 0 fully saturated rings. The van der Waals surface area contributed by atoms with Gasteiger partial charge in [-0.2, -0.15) is 0 Å². The zero-order chi connectivity index (χ0) is 14.1. The first-order valence-electron chi connectivity index (χ1n) is 6.26. The van der Waals surface area contributed by atoms with Crippen molar-refractivity contribution >= 4 is 33.4 Å². The molecule has 0 bridgehead atoms. The third kappa shape index (κ3) is 2.83. The number of fused-ring (bicyclic) bond motifs is 1. The highest BCUT2D eigenvalue weighted by Gasteiger charge is 2.22. The van der Waals surface area contributed by atoms with Crippen LogP contribution in [-0.2, 0) is 6.42 Å². The minimum Gasteiger partial charge on any atom is -0.379 e. The van der Waals surface area contributed by atoms with Gasteiger partial charge in [-0.15, -0.1) is 11.8 Å². The van der Waals surface area contributed by atoms with Crippen molar-refractivity contribution < 1.29 is 8.78 Å². The average molecular weight is 356 g/mol. The molecule has 0 amide bonds. The monoisotopic (exact) mass is 355 g/mol. The molecule has 0 aromatic heterocycles. The molecule has 2 aromatic rings. The van der Waals surface area contributed by atoms with Crippen LogP contribution in [0.3, 0.4) is 0 Å². The second kappa shape index (κ2) is 5.74. The highest BCUT2D eigenvalue weighted by Crippen LogP contribution is 2.37. The van der Waals surface area contributed by atoms with Gasteiger partial charge in [0.2, 0.25) is 0 Å². The number of rotatable bonds is 3. The Hall–Kier alpha value is -1.07. The van der Waals surface area contributed by atoms with Crippen molar-refractivity contribution in [3.63, 3.8) is 0 Å². The maximum absolute atomic E-state index is 13.7. The fourth-order valence-corrected chi connectivity index (χ4v) is 3.95. The first-order chi connectivity index (χ1) is 9.63. The molecule has 0 radical (unpaired) electrons. The molecule has 1 heterocycles. The van der Waals surface area contributed by atoms with Gasteiger partial charge in [-0.25, -0.2) is 8.78 Å². The van der Waals surface area contributed by atoms with Crippen LogP contribution < -0.4 is 5.32 Å². The van der Waals surface area contributed by atoms with E-state index >= 15 is 0 Å². The minimum absolute atomic E-state index is 0.0512. The summed E-state index contributed by atoms with van der Waals surface area (Å²) in [4.78, 5) is 1.26. The molecular weight excluding hydrogens is 344 g/mol. The minimum atomic E-state index is -0.572. The zero-order valence-corrected chi connectivity index (χ0v) is 12.9. The first-order valence-corrected chi connectivity index (χ1v) is 7.94. The third-order valence-corrected chi connectivity index (χ3v) is 5.00. The van der Waals surface area contributed by atoms with Crippen molar-refractivity contribution in [2.75, 3.05) is 11.9 Å². The molecular formula is C15H12BrF2NS. The van der Waals surface area contributed by atoms with Crippen LogP contribution in [-0.4, -0.2) is 11.8 Å². The van der Waals surface area contributed by atoms with E-state index in [1.165, 1.54) is 22.6 Å². The van der Waals surface area contributed by atoms with E-state index in [9.17, 15) is 8.78 Å². The lowest BCUT2D eigenvalue weighted by Gasteiger charge is -2.13. The molecule has 0 saturated heterocycles. The van der Waals surface area contributed by atoms with Crippen LogP contribution in [0.15, 0.2) is 45.8 Å². The molecule has 1 aliphatic heterocycles. The maximum atomic E-state index is 13.7. The molecule has 3 rings (SSSR count). The van der Waals surface area contributed by atoms with Gasteiger partial charge in [0, 0.05) is 21.2 Å². The number of anilines is 1. The normalized spacial score (nSPS) is 17.1. The number of benzene rings is 2. The predicted octanol–water partition coefficient (Wildman–Crippen LogP) is 4.86. The predicted molar refractivity (Wildman–Crippen MR) is 82.3 cm³/mol. The molecule has 1 N–H and O–H groups in total. The standard InChI is InChI=1S/C15H12BrF2NS/c16-10-6-12(17)15(13(18)7-10)19-8-11-5-9-3-1-2-4-14(9)20-11/h1-4,6-7,11,19H,5,8H2. The highest BCUT2D eigenvalue weighted by molar-refractivity contribution is 9.10. The molecule has 1 aliphatic rings. The lowest BCUT2D eigenvalue weighted by atomic mass is 10.1. The van der Waals surface area contributed by atoms with Gasteiger partial charge in [0.1, 0.15) is 17.3 Å². The van der Waals surface area contributed by atoms with Crippen LogP contribution in [0.4, 0.5) is 14.5 Å². The summed E-state index contributed by atoms with van der Waals surface area (Å²) in [6.07, 6.45) is 0.924. The molecule has 0 aliphatic carbocycles.